The summed E-state index contributed by atoms with van der Waals surface area (Å²) in [6.07, 6.45) is 6.18. The molecule has 10 nitrogen and oxygen atoms in total. The number of fused-ring (bicyclic) bond motifs is 3. The summed E-state index contributed by atoms with van der Waals surface area (Å²) < 4.78 is 22.1. The molecular weight excluding hydrogens is 441 g/mol. The lowest BCUT2D eigenvalue weighted by atomic mass is 10.0. The minimum Gasteiger partial charge on any atom is -0.475 e. The van der Waals surface area contributed by atoms with Gasteiger partial charge in [0.05, 0.1) is 17.3 Å². The number of rotatable bonds is 1. The van der Waals surface area contributed by atoms with Crippen LogP contribution in [0.15, 0.2) is 24.5 Å². The molecule has 0 radical (unpaired) electrons. The molecule has 7 rings (SSSR count). The minimum absolute atomic E-state index is 0.161. The minimum atomic E-state index is -0.562. The van der Waals surface area contributed by atoms with Gasteiger partial charge in [0.1, 0.15) is 23.8 Å². The zero-order valence-electron chi connectivity index (χ0n) is 18.5. The van der Waals surface area contributed by atoms with Gasteiger partial charge in [-0.05, 0) is 43.7 Å². The molecule has 2 amide bonds. The van der Waals surface area contributed by atoms with Gasteiger partial charge in [0.2, 0.25) is 11.8 Å². The second kappa shape index (κ2) is 6.43. The van der Waals surface area contributed by atoms with Gasteiger partial charge in [0.15, 0.2) is 11.5 Å². The van der Waals surface area contributed by atoms with E-state index in [0.717, 1.165) is 37.8 Å². The smallest absolute Gasteiger partial charge is 0.259 e. The number of hydrogen-bond acceptors (Lipinski definition) is 7. The number of anilines is 2. The normalized spacial score (nSPS) is 25.9. The number of amides is 2. The lowest BCUT2D eigenvalue weighted by Crippen LogP contribution is -2.42. The number of piperidine rings is 1. The number of halogens is 1. The molecule has 2 aliphatic carbocycles. The van der Waals surface area contributed by atoms with Crippen LogP contribution in [0.1, 0.15) is 48.5 Å². The van der Waals surface area contributed by atoms with Crippen molar-refractivity contribution in [3.05, 3.63) is 41.5 Å². The van der Waals surface area contributed by atoms with Gasteiger partial charge in [-0.2, -0.15) is 0 Å². The predicted octanol–water partition coefficient (Wildman–Crippen LogP) is 2.00. The zero-order valence-corrected chi connectivity index (χ0v) is 18.5. The number of pyridine rings is 1. The summed E-state index contributed by atoms with van der Waals surface area (Å²) in [6, 6.07) is 3.35. The molecule has 3 fully saturated rings. The van der Waals surface area contributed by atoms with Crippen molar-refractivity contribution < 1.29 is 18.7 Å². The Morgan fingerprint density at radius 1 is 1.38 bits per heavy atom. The van der Waals surface area contributed by atoms with Crippen LogP contribution >= 0.6 is 0 Å². The molecule has 2 aliphatic heterocycles. The highest BCUT2D eigenvalue weighted by Gasteiger charge is 2.65. The van der Waals surface area contributed by atoms with Crippen molar-refractivity contribution in [3.63, 3.8) is 0 Å². The van der Waals surface area contributed by atoms with Crippen molar-refractivity contribution in [2.75, 3.05) is 23.4 Å². The standard InChI is InChI=1S/C23H22FN7O3/c1-12(32)26-18-17-19-27-16(3-7-31(19)29-18)30-6-2-13-9-23(13,30)15-8-14(24)10-25-21(15)34-11-22(4-5-22)28-20(17)33/h3,7-8,10,13H,2,4-6,9,11H2,1H3,(H,28,33)(H,26,29,32)/t13-,23+/m0/s1. The molecule has 34 heavy (non-hydrogen) atoms. The third-order valence-corrected chi connectivity index (χ3v) is 7.53. The van der Waals surface area contributed by atoms with Crippen LogP contribution in [0.4, 0.5) is 16.0 Å². The number of carbonyl (C=O) groups is 2. The van der Waals surface area contributed by atoms with E-state index in [9.17, 15) is 14.0 Å². The maximum atomic E-state index is 14.4. The zero-order chi connectivity index (χ0) is 23.2. The number of hydrogen-bond donors (Lipinski definition) is 2. The Morgan fingerprint density at radius 2 is 2.24 bits per heavy atom. The van der Waals surface area contributed by atoms with Crippen LogP contribution in [0.2, 0.25) is 0 Å². The molecule has 2 bridgehead atoms. The Balaban J connectivity index is 1.45. The van der Waals surface area contributed by atoms with Crippen molar-refractivity contribution >= 4 is 29.1 Å². The summed E-state index contributed by atoms with van der Waals surface area (Å²) >= 11 is 0. The monoisotopic (exact) mass is 463 g/mol. The maximum Gasteiger partial charge on any atom is 0.259 e. The van der Waals surface area contributed by atoms with Crippen LogP contribution in [0.3, 0.4) is 0 Å². The number of nitrogens with zero attached hydrogens (tertiary/aromatic N) is 5. The van der Waals surface area contributed by atoms with Crippen LogP contribution in [0.5, 0.6) is 5.88 Å². The molecular formula is C23H22FN7O3. The molecule has 2 atom stereocenters. The molecule has 174 valence electrons. The largest absolute Gasteiger partial charge is 0.475 e. The second-order valence-electron chi connectivity index (χ2n) is 9.75. The Kier molecular flexibility index (Phi) is 3.72. The van der Waals surface area contributed by atoms with E-state index < -0.39 is 16.9 Å². The van der Waals surface area contributed by atoms with E-state index in [1.807, 2.05) is 6.07 Å². The fraction of sp³-hybridized carbons (Fsp3) is 0.435. The van der Waals surface area contributed by atoms with Gasteiger partial charge in [-0.25, -0.2) is 18.9 Å². The van der Waals surface area contributed by atoms with Crippen LogP contribution in [-0.4, -0.2) is 50.1 Å². The molecule has 2 saturated carbocycles. The summed E-state index contributed by atoms with van der Waals surface area (Å²) in [4.78, 5) is 36.6. The first-order valence-electron chi connectivity index (χ1n) is 11.4. The maximum absolute atomic E-state index is 14.4. The fourth-order valence-electron chi connectivity index (χ4n) is 5.62. The summed E-state index contributed by atoms with van der Waals surface area (Å²) in [6.45, 7) is 2.33. The number of ether oxygens (including phenoxy) is 1. The van der Waals surface area contributed by atoms with Gasteiger partial charge in [-0.3, -0.25) is 9.59 Å². The highest BCUT2D eigenvalue weighted by molar-refractivity contribution is 6.07. The highest BCUT2D eigenvalue weighted by atomic mass is 19.1. The van der Waals surface area contributed by atoms with E-state index in [0.29, 0.717) is 23.3 Å². The van der Waals surface area contributed by atoms with E-state index in [1.54, 1.807) is 6.20 Å². The average molecular weight is 463 g/mol. The first-order valence-corrected chi connectivity index (χ1v) is 11.4. The van der Waals surface area contributed by atoms with Crippen LogP contribution in [0, 0.1) is 11.7 Å². The third kappa shape index (κ3) is 2.69. The third-order valence-electron chi connectivity index (χ3n) is 7.53. The topological polar surface area (TPSA) is 114 Å². The summed E-state index contributed by atoms with van der Waals surface area (Å²) in [7, 11) is 0. The molecule has 2 spiro atoms. The van der Waals surface area contributed by atoms with Crippen molar-refractivity contribution in [1.29, 1.82) is 0 Å². The first kappa shape index (κ1) is 19.7. The summed E-state index contributed by atoms with van der Waals surface area (Å²) in [5, 5.41) is 10.1. The van der Waals surface area contributed by atoms with E-state index in [-0.39, 0.29) is 29.8 Å². The Bertz CT molecular complexity index is 1400. The highest BCUT2D eigenvalue weighted by Crippen LogP contribution is 2.64. The van der Waals surface area contributed by atoms with Crippen molar-refractivity contribution in [1.82, 2.24) is 24.9 Å². The van der Waals surface area contributed by atoms with Crippen molar-refractivity contribution in [2.24, 2.45) is 5.92 Å². The Morgan fingerprint density at radius 3 is 3.00 bits per heavy atom. The Labute approximate surface area is 193 Å². The second-order valence-corrected chi connectivity index (χ2v) is 9.75. The number of aromatic nitrogens is 4. The number of carbonyl (C=O) groups excluding carboxylic acids is 2. The molecule has 3 aromatic rings. The van der Waals surface area contributed by atoms with Crippen molar-refractivity contribution in [3.8, 4) is 5.88 Å². The van der Waals surface area contributed by atoms with Gasteiger partial charge in [0, 0.05) is 25.2 Å². The van der Waals surface area contributed by atoms with Gasteiger partial charge < -0.3 is 20.3 Å². The van der Waals surface area contributed by atoms with Crippen LogP contribution in [0.25, 0.3) is 5.65 Å². The molecule has 2 N–H and O–H groups in total. The molecule has 11 heteroatoms. The SMILES string of the molecule is CC(=O)Nc1nn2ccc3nc2c1C(=O)NC1(CC1)COc1ncc(F)cc1[C@@]12C[C@@H]1CCN32. The van der Waals surface area contributed by atoms with Gasteiger partial charge in [-0.15, -0.1) is 5.10 Å². The Hall–Kier alpha value is -3.76. The lowest BCUT2D eigenvalue weighted by Gasteiger charge is -2.31. The predicted molar refractivity (Wildman–Crippen MR) is 118 cm³/mol. The van der Waals surface area contributed by atoms with E-state index >= 15 is 0 Å². The average Bonchev–Trinajstić information content (AvgIpc) is 3.65. The summed E-state index contributed by atoms with van der Waals surface area (Å²) in [5.41, 5.74) is 0.286. The molecule has 3 aromatic heterocycles. The first-order chi connectivity index (χ1) is 16.4. The van der Waals surface area contributed by atoms with E-state index in [1.165, 1.54) is 23.7 Å². The fourth-order valence-corrected chi connectivity index (χ4v) is 5.62. The van der Waals surface area contributed by atoms with Gasteiger partial charge in [0.25, 0.3) is 5.91 Å². The molecule has 5 heterocycles. The van der Waals surface area contributed by atoms with E-state index in [2.05, 4.69) is 25.6 Å². The van der Waals surface area contributed by atoms with Gasteiger partial charge in [-0.1, -0.05) is 0 Å². The molecule has 0 aromatic carbocycles. The van der Waals surface area contributed by atoms with E-state index in [4.69, 9.17) is 9.72 Å². The molecule has 1 saturated heterocycles. The molecule has 0 unspecified atom stereocenters. The van der Waals surface area contributed by atoms with Crippen LogP contribution < -0.4 is 20.3 Å². The number of nitrogens with one attached hydrogen (secondary N) is 2. The van der Waals surface area contributed by atoms with Gasteiger partial charge >= 0.3 is 0 Å². The van der Waals surface area contributed by atoms with Crippen molar-refractivity contribution in [2.45, 2.75) is 43.7 Å². The van der Waals surface area contributed by atoms with Crippen LogP contribution in [-0.2, 0) is 10.3 Å². The quantitative estimate of drug-likeness (QED) is 0.567. The molecule has 4 aliphatic rings. The summed E-state index contributed by atoms with van der Waals surface area (Å²) in [5.74, 6) is 0.447. The lowest BCUT2D eigenvalue weighted by molar-refractivity contribution is -0.114.